The van der Waals surface area contributed by atoms with Crippen LogP contribution in [0.2, 0.25) is 0 Å². The molecule has 0 spiro atoms. The van der Waals surface area contributed by atoms with Gasteiger partial charge in [0.15, 0.2) is 0 Å². The highest BCUT2D eigenvalue weighted by molar-refractivity contribution is 8.00. The molecule has 7 heteroatoms. The van der Waals surface area contributed by atoms with E-state index in [1.807, 2.05) is 31.2 Å². The molecule has 0 saturated carbocycles. The van der Waals surface area contributed by atoms with Crippen LogP contribution in [0, 0.1) is 0 Å². The molecule has 20 heavy (non-hydrogen) atoms. The monoisotopic (exact) mass is 294 g/mol. The summed E-state index contributed by atoms with van der Waals surface area (Å²) in [4.78, 5) is 23.1. The Bertz CT molecular complexity index is 495. The van der Waals surface area contributed by atoms with Crippen molar-refractivity contribution in [1.82, 2.24) is 16.2 Å². The van der Waals surface area contributed by atoms with Gasteiger partial charge in [-0.15, -0.1) is 11.8 Å². The van der Waals surface area contributed by atoms with Crippen molar-refractivity contribution in [2.24, 2.45) is 0 Å². The summed E-state index contributed by atoms with van der Waals surface area (Å²) in [6.45, 7) is 2.29. The molecule has 2 amide bonds. The first-order valence-corrected chi connectivity index (χ1v) is 7.51. The summed E-state index contributed by atoms with van der Waals surface area (Å²) in [7, 11) is 0. The maximum atomic E-state index is 11.9. The number of thioether (sulfide) groups is 1. The van der Waals surface area contributed by atoms with E-state index < -0.39 is 0 Å². The van der Waals surface area contributed by atoms with Gasteiger partial charge in [0.2, 0.25) is 11.8 Å². The topological polar surface area (TPSA) is 82.3 Å². The van der Waals surface area contributed by atoms with E-state index in [1.54, 1.807) is 0 Å². The number of para-hydroxylation sites is 1. The van der Waals surface area contributed by atoms with Crippen LogP contribution < -0.4 is 21.5 Å². The summed E-state index contributed by atoms with van der Waals surface area (Å²) < 4.78 is 0. The molecule has 0 bridgehead atoms. The minimum Gasteiger partial charge on any atom is -0.330 e. The van der Waals surface area contributed by atoms with Gasteiger partial charge in [0.1, 0.15) is 5.50 Å². The van der Waals surface area contributed by atoms with Crippen molar-refractivity contribution in [3.63, 3.8) is 0 Å². The Kier molecular flexibility index (Phi) is 5.40. The smallest absolute Gasteiger partial charge is 0.237 e. The second kappa shape index (κ2) is 7.28. The highest BCUT2D eigenvalue weighted by atomic mass is 32.2. The first kappa shape index (κ1) is 14.8. The lowest BCUT2D eigenvalue weighted by Gasteiger charge is -2.24. The Morgan fingerprint density at radius 2 is 2.25 bits per heavy atom. The molecule has 0 aliphatic carbocycles. The van der Waals surface area contributed by atoms with Crippen LogP contribution in [0.15, 0.2) is 24.3 Å². The number of carbonyl (C=O) groups is 2. The highest BCUT2D eigenvalue weighted by Crippen LogP contribution is 2.16. The van der Waals surface area contributed by atoms with E-state index >= 15 is 0 Å². The van der Waals surface area contributed by atoms with Crippen molar-refractivity contribution in [3.8, 4) is 0 Å². The molecule has 1 aliphatic rings. The summed E-state index contributed by atoms with van der Waals surface area (Å²) in [5.74, 6) is 0.0908. The molecule has 1 unspecified atom stereocenters. The van der Waals surface area contributed by atoms with E-state index in [4.69, 9.17) is 0 Å². The third kappa shape index (κ3) is 4.22. The fourth-order valence-electron chi connectivity index (χ4n) is 1.84. The molecule has 1 heterocycles. The van der Waals surface area contributed by atoms with Crippen molar-refractivity contribution in [1.29, 1.82) is 0 Å². The first-order valence-electron chi connectivity index (χ1n) is 6.46. The number of hydrogen-bond donors (Lipinski definition) is 4. The van der Waals surface area contributed by atoms with Gasteiger partial charge in [0, 0.05) is 5.69 Å². The molecule has 1 saturated heterocycles. The number of hydrogen-bond acceptors (Lipinski definition) is 5. The molecular weight excluding hydrogens is 276 g/mol. The van der Waals surface area contributed by atoms with Crippen LogP contribution >= 0.6 is 11.8 Å². The Hall–Kier alpha value is -1.57. The van der Waals surface area contributed by atoms with Crippen molar-refractivity contribution < 1.29 is 9.59 Å². The molecule has 6 nitrogen and oxygen atoms in total. The average Bonchev–Trinajstić information content (AvgIpc) is 2.46. The maximum absolute atomic E-state index is 11.9. The molecule has 1 aliphatic heterocycles. The molecule has 0 radical (unpaired) electrons. The largest absolute Gasteiger partial charge is 0.330 e. The van der Waals surface area contributed by atoms with Crippen molar-refractivity contribution in [2.75, 3.05) is 17.6 Å². The van der Waals surface area contributed by atoms with Crippen molar-refractivity contribution >= 4 is 29.3 Å². The number of anilines is 1. The summed E-state index contributed by atoms with van der Waals surface area (Å²) in [6, 6.07) is 7.74. The third-order valence-electron chi connectivity index (χ3n) is 2.83. The van der Waals surface area contributed by atoms with Gasteiger partial charge in [-0.3, -0.25) is 9.59 Å². The van der Waals surface area contributed by atoms with Gasteiger partial charge in [-0.2, -0.15) is 0 Å². The van der Waals surface area contributed by atoms with Gasteiger partial charge in [-0.05, 0) is 18.1 Å². The van der Waals surface area contributed by atoms with Crippen LogP contribution in [-0.2, 0) is 16.0 Å². The Morgan fingerprint density at radius 1 is 1.45 bits per heavy atom. The van der Waals surface area contributed by atoms with E-state index in [2.05, 4.69) is 21.5 Å². The SMILES string of the molecule is CCc1ccccc1NC(=O)CSC1NNCC(=O)N1. The van der Waals surface area contributed by atoms with Gasteiger partial charge in [-0.1, -0.05) is 25.1 Å². The summed E-state index contributed by atoms with van der Waals surface area (Å²) in [5.41, 5.74) is 7.32. The predicted molar refractivity (Wildman–Crippen MR) is 80.0 cm³/mol. The first-order chi connectivity index (χ1) is 9.69. The molecule has 1 aromatic rings. The number of nitrogens with one attached hydrogen (secondary N) is 4. The van der Waals surface area contributed by atoms with Gasteiger partial charge in [0.25, 0.3) is 0 Å². The second-order valence-corrected chi connectivity index (χ2v) is 5.41. The summed E-state index contributed by atoms with van der Waals surface area (Å²) in [5, 5.41) is 5.62. The molecular formula is C13H18N4O2S. The van der Waals surface area contributed by atoms with Crippen molar-refractivity contribution in [3.05, 3.63) is 29.8 Å². The third-order valence-corrected chi connectivity index (χ3v) is 3.83. The minimum absolute atomic E-state index is 0.0852. The molecule has 1 fully saturated rings. The average molecular weight is 294 g/mol. The van der Waals surface area contributed by atoms with E-state index in [9.17, 15) is 9.59 Å². The van der Waals surface area contributed by atoms with Crippen LogP contribution in [0.3, 0.4) is 0 Å². The minimum atomic E-state index is -0.289. The lowest BCUT2D eigenvalue weighted by atomic mass is 10.1. The zero-order valence-electron chi connectivity index (χ0n) is 11.2. The number of benzene rings is 1. The molecule has 2 rings (SSSR count). The summed E-state index contributed by atoms with van der Waals surface area (Å²) >= 11 is 1.32. The molecule has 1 atom stereocenters. The standard InChI is InChI=1S/C13H18N4O2S/c1-2-9-5-3-4-6-10(9)15-12(19)8-20-13-16-11(18)7-14-17-13/h3-6,13-14,17H,2,7-8H2,1H3,(H,15,19)(H,16,18). The number of rotatable bonds is 5. The fraction of sp³-hybridized carbons (Fsp3) is 0.385. The quantitative estimate of drug-likeness (QED) is 0.633. The molecule has 0 aromatic heterocycles. The van der Waals surface area contributed by atoms with Crippen molar-refractivity contribution in [2.45, 2.75) is 18.8 Å². The number of aryl methyl sites for hydroxylation is 1. The lowest BCUT2D eigenvalue weighted by molar-refractivity contribution is -0.122. The van der Waals surface area contributed by atoms with Gasteiger partial charge < -0.3 is 10.6 Å². The van der Waals surface area contributed by atoms with Crippen LogP contribution in [0.5, 0.6) is 0 Å². The van der Waals surface area contributed by atoms with E-state index in [-0.39, 0.29) is 29.6 Å². The predicted octanol–water partition coefficient (Wildman–Crippen LogP) is 0.428. The molecule has 4 N–H and O–H groups in total. The van der Waals surface area contributed by atoms with Gasteiger partial charge >= 0.3 is 0 Å². The Labute approximate surface area is 122 Å². The van der Waals surface area contributed by atoms with E-state index in [0.717, 1.165) is 17.7 Å². The normalized spacial score (nSPS) is 18.4. The van der Waals surface area contributed by atoms with Crippen LogP contribution in [0.1, 0.15) is 12.5 Å². The zero-order valence-corrected chi connectivity index (χ0v) is 12.0. The van der Waals surface area contributed by atoms with Crippen LogP contribution in [0.25, 0.3) is 0 Å². The second-order valence-electron chi connectivity index (χ2n) is 4.32. The lowest BCUT2D eigenvalue weighted by Crippen LogP contribution is -2.58. The van der Waals surface area contributed by atoms with E-state index in [0.29, 0.717) is 0 Å². The maximum Gasteiger partial charge on any atom is 0.237 e. The van der Waals surface area contributed by atoms with Crippen LogP contribution in [-0.4, -0.2) is 29.6 Å². The molecule has 108 valence electrons. The Balaban J connectivity index is 1.82. The van der Waals surface area contributed by atoms with E-state index in [1.165, 1.54) is 11.8 Å². The Morgan fingerprint density at radius 3 is 3.00 bits per heavy atom. The molecule has 1 aromatic carbocycles. The summed E-state index contributed by atoms with van der Waals surface area (Å²) in [6.07, 6.45) is 0.869. The highest BCUT2D eigenvalue weighted by Gasteiger charge is 2.18. The number of carbonyl (C=O) groups excluding carboxylic acids is 2. The van der Waals surface area contributed by atoms with Gasteiger partial charge in [-0.25, -0.2) is 10.9 Å². The number of amides is 2. The fourth-order valence-corrected chi connectivity index (χ4v) is 2.61. The van der Waals surface area contributed by atoms with Crippen LogP contribution in [0.4, 0.5) is 5.69 Å². The van der Waals surface area contributed by atoms with Gasteiger partial charge in [0.05, 0.1) is 12.3 Å². The number of hydrazine groups is 1. The zero-order chi connectivity index (χ0) is 14.4.